The fraction of sp³-hybridized carbons (Fsp3) is 0.394. The maximum Gasteiger partial charge on any atom is 0.354 e. The van der Waals surface area contributed by atoms with Crippen molar-refractivity contribution in [3.05, 3.63) is 53.7 Å². The SMILES string of the molecule is COC(=O)c1ccc(-c2ccc3cc(-c4nc5cc(C(=O)N6CC7CCC6C7N)cc(OC)c5n4C)n(CC4CC4)c3n2)[nH]1. The van der Waals surface area contributed by atoms with Crippen LogP contribution in [0.25, 0.3) is 45.0 Å². The van der Waals surface area contributed by atoms with Gasteiger partial charge in [0.15, 0.2) is 5.82 Å². The average molecular weight is 594 g/mol. The van der Waals surface area contributed by atoms with Crippen molar-refractivity contribution in [3.8, 4) is 28.7 Å². The number of nitrogens with zero attached hydrogens (tertiary/aromatic N) is 5. The predicted octanol–water partition coefficient (Wildman–Crippen LogP) is 4.35. The Morgan fingerprint density at radius 3 is 2.59 bits per heavy atom. The second-order valence-corrected chi connectivity index (χ2v) is 12.5. The first-order valence-electron chi connectivity index (χ1n) is 15.2. The van der Waals surface area contributed by atoms with Gasteiger partial charge in [-0.05, 0) is 80.0 Å². The van der Waals surface area contributed by atoms with Gasteiger partial charge in [0.05, 0.1) is 36.8 Å². The lowest BCUT2D eigenvalue weighted by molar-refractivity contribution is 0.0594. The monoisotopic (exact) mass is 593 g/mol. The fourth-order valence-corrected chi connectivity index (χ4v) is 7.25. The smallest absolute Gasteiger partial charge is 0.354 e. The molecule has 4 aromatic heterocycles. The number of aromatic amines is 1. The number of rotatable bonds is 7. The number of fused-ring (bicyclic) bond motifs is 4. The summed E-state index contributed by atoms with van der Waals surface area (Å²) in [4.78, 5) is 40.9. The molecule has 3 fully saturated rings. The third-order valence-electron chi connectivity index (χ3n) is 9.79. The molecule has 3 atom stereocenters. The Kier molecular flexibility index (Phi) is 6.09. The van der Waals surface area contributed by atoms with Crippen LogP contribution in [0.1, 0.15) is 46.5 Å². The van der Waals surface area contributed by atoms with Crippen molar-refractivity contribution in [1.29, 1.82) is 0 Å². The lowest BCUT2D eigenvalue weighted by Crippen LogP contribution is -2.41. The van der Waals surface area contributed by atoms with E-state index >= 15 is 0 Å². The van der Waals surface area contributed by atoms with Gasteiger partial charge in [-0.3, -0.25) is 4.79 Å². The van der Waals surface area contributed by atoms with E-state index in [1.165, 1.54) is 20.0 Å². The van der Waals surface area contributed by atoms with Gasteiger partial charge in [-0.15, -0.1) is 0 Å². The molecule has 11 heteroatoms. The number of imidazole rings is 1. The summed E-state index contributed by atoms with van der Waals surface area (Å²) >= 11 is 0. The summed E-state index contributed by atoms with van der Waals surface area (Å²) < 4.78 is 15.0. The van der Waals surface area contributed by atoms with Gasteiger partial charge >= 0.3 is 5.97 Å². The highest BCUT2D eigenvalue weighted by Gasteiger charge is 2.47. The minimum absolute atomic E-state index is 0.0145. The molecule has 3 N–H and O–H groups in total. The molecule has 2 bridgehead atoms. The molecule has 1 aromatic carbocycles. The fourth-order valence-electron chi connectivity index (χ4n) is 7.25. The molecular formula is C33H35N7O4. The molecule has 8 rings (SSSR count). The second kappa shape index (κ2) is 9.95. The van der Waals surface area contributed by atoms with Gasteiger partial charge < -0.3 is 34.2 Å². The summed E-state index contributed by atoms with van der Waals surface area (Å²) in [6.45, 7) is 1.54. The molecule has 1 aliphatic heterocycles. The van der Waals surface area contributed by atoms with E-state index in [2.05, 4.69) is 21.7 Å². The van der Waals surface area contributed by atoms with Gasteiger partial charge in [-0.2, -0.15) is 0 Å². The number of H-pyrrole nitrogens is 1. The number of carbonyl (C=O) groups is 2. The van der Waals surface area contributed by atoms with Crippen LogP contribution in [0.2, 0.25) is 0 Å². The van der Waals surface area contributed by atoms with E-state index < -0.39 is 5.97 Å². The molecule has 0 radical (unpaired) electrons. The number of nitrogens with two attached hydrogens (primary N) is 1. The highest BCUT2D eigenvalue weighted by atomic mass is 16.5. The van der Waals surface area contributed by atoms with Crippen molar-refractivity contribution in [2.24, 2.45) is 24.6 Å². The Bertz CT molecular complexity index is 1970. The van der Waals surface area contributed by atoms with E-state index in [1.54, 1.807) is 13.2 Å². The van der Waals surface area contributed by atoms with E-state index in [0.717, 1.165) is 58.8 Å². The average Bonchev–Trinajstić information content (AvgIpc) is 3.36. The number of carbonyl (C=O) groups excluding carboxylic acids is 2. The molecule has 11 nitrogen and oxygen atoms in total. The van der Waals surface area contributed by atoms with Crippen LogP contribution in [0.5, 0.6) is 5.75 Å². The number of aryl methyl sites for hydroxylation is 1. The van der Waals surface area contributed by atoms with E-state index in [0.29, 0.717) is 40.9 Å². The summed E-state index contributed by atoms with van der Waals surface area (Å²) in [6.07, 6.45) is 4.41. The van der Waals surface area contributed by atoms with E-state index in [9.17, 15) is 9.59 Å². The lowest BCUT2D eigenvalue weighted by atomic mass is 10.1. The minimum Gasteiger partial charge on any atom is -0.494 e. The van der Waals surface area contributed by atoms with Crippen LogP contribution in [0.4, 0.5) is 0 Å². The third-order valence-corrected chi connectivity index (χ3v) is 9.79. The number of methoxy groups -OCH3 is 2. The van der Waals surface area contributed by atoms with Crippen molar-refractivity contribution < 1.29 is 19.1 Å². The molecule has 1 saturated heterocycles. The van der Waals surface area contributed by atoms with E-state index in [-0.39, 0.29) is 18.0 Å². The van der Waals surface area contributed by atoms with Gasteiger partial charge in [-0.25, -0.2) is 14.8 Å². The topological polar surface area (TPSA) is 133 Å². The first kappa shape index (κ1) is 26.9. The molecule has 5 aromatic rings. The van der Waals surface area contributed by atoms with Crippen molar-refractivity contribution >= 4 is 33.9 Å². The summed E-state index contributed by atoms with van der Waals surface area (Å²) in [5.41, 5.74) is 12.2. The minimum atomic E-state index is -0.421. The lowest BCUT2D eigenvalue weighted by Gasteiger charge is -2.27. The summed E-state index contributed by atoms with van der Waals surface area (Å²) in [5.74, 6) is 1.92. The maximum absolute atomic E-state index is 13.7. The molecule has 44 heavy (non-hydrogen) atoms. The van der Waals surface area contributed by atoms with Crippen LogP contribution < -0.4 is 10.5 Å². The Hall–Kier alpha value is -4.64. The van der Waals surface area contributed by atoms with E-state index in [4.69, 9.17) is 25.2 Å². The number of benzene rings is 1. The van der Waals surface area contributed by atoms with Crippen molar-refractivity contribution in [3.63, 3.8) is 0 Å². The Balaban J connectivity index is 1.22. The van der Waals surface area contributed by atoms with Gasteiger partial charge in [0.1, 0.15) is 22.6 Å². The highest BCUT2D eigenvalue weighted by Crippen LogP contribution is 2.40. The number of likely N-dealkylation sites (tertiary alicyclic amines) is 1. The molecule has 0 spiro atoms. The number of aromatic nitrogens is 5. The van der Waals surface area contributed by atoms with Crippen molar-refractivity contribution in [2.75, 3.05) is 20.8 Å². The molecule has 5 heterocycles. The Morgan fingerprint density at radius 2 is 1.89 bits per heavy atom. The van der Waals surface area contributed by atoms with Crippen LogP contribution in [0.3, 0.4) is 0 Å². The largest absolute Gasteiger partial charge is 0.494 e. The number of nitrogens with one attached hydrogen (secondary N) is 1. The van der Waals surface area contributed by atoms with Crippen molar-refractivity contribution in [2.45, 2.75) is 44.3 Å². The third kappa shape index (κ3) is 4.13. The molecule has 2 aliphatic carbocycles. The first-order chi connectivity index (χ1) is 21.3. The number of esters is 1. The highest BCUT2D eigenvalue weighted by molar-refractivity contribution is 6.00. The van der Waals surface area contributed by atoms with Gasteiger partial charge in [0.2, 0.25) is 0 Å². The molecule has 3 unspecified atom stereocenters. The first-order valence-corrected chi connectivity index (χ1v) is 15.2. The Labute approximate surface area is 254 Å². The molecule has 3 aliphatic rings. The van der Waals surface area contributed by atoms with Gasteiger partial charge in [0, 0.05) is 43.2 Å². The molecule has 226 valence electrons. The van der Waals surface area contributed by atoms with Crippen LogP contribution in [0.15, 0.2) is 42.5 Å². The number of amides is 1. The quantitative estimate of drug-likeness (QED) is 0.268. The number of ether oxygens (including phenoxy) is 2. The number of piperidine rings is 1. The zero-order valence-electron chi connectivity index (χ0n) is 25.0. The summed E-state index contributed by atoms with van der Waals surface area (Å²) in [5, 5.41) is 1.000. The molecule has 2 saturated carbocycles. The standard InChI is InChI=1S/C33H35N7O4/c1-38-29-24(12-20(14-27(29)43-2)32(41)40-16-19-7-11-25(40)28(19)34)37-31(38)26-13-18-6-8-22(21-9-10-23(35-21)33(42)44-3)36-30(18)39(26)15-17-4-5-17/h6,8-10,12-14,17,19,25,28,35H,4-5,7,11,15-16,34H2,1-3H3. The predicted molar refractivity (Wildman–Crippen MR) is 165 cm³/mol. The van der Waals surface area contributed by atoms with Gasteiger partial charge in [-0.1, -0.05) is 0 Å². The Morgan fingerprint density at radius 1 is 1.05 bits per heavy atom. The molecular weight excluding hydrogens is 558 g/mol. The summed E-state index contributed by atoms with van der Waals surface area (Å²) in [6, 6.07) is 13.6. The molecule has 1 amide bonds. The van der Waals surface area contributed by atoms with Crippen LogP contribution in [0, 0.1) is 11.8 Å². The van der Waals surface area contributed by atoms with E-state index in [1.807, 2.05) is 40.8 Å². The number of hydrogen-bond donors (Lipinski definition) is 2. The van der Waals surface area contributed by atoms with Crippen LogP contribution in [-0.4, -0.2) is 73.7 Å². The van der Waals surface area contributed by atoms with Crippen LogP contribution >= 0.6 is 0 Å². The summed E-state index contributed by atoms with van der Waals surface area (Å²) in [7, 11) is 4.98. The van der Waals surface area contributed by atoms with Crippen LogP contribution in [-0.2, 0) is 18.3 Å². The number of hydrogen-bond acceptors (Lipinski definition) is 7. The number of pyridine rings is 1. The van der Waals surface area contributed by atoms with Crippen molar-refractivity contribution in [1.82, 2.24) is 29.0 Å². The maximum atomic E-state index is 13.7. The zero-order chi connectivity index (χ0) is 30.3. The zero-order valence-corrected chi connectivity index (χ0v) is 25.0. The van der Waals surface area contributed by atoms with Gasteiger partial charge in [0.25, 0.3) is 5.91 Å². The second-order valence-electron chi connectivity index (χ2n) is 12.5. The normalized spacial score (nSPS) is 21.1.